The number of aromatic amines is 1. The molecule has 1 unspecified atom stereocenters. The fourth-order valence-electron chi connectivity index (χ4n) is 2.97. The van der Waals surface area contributed by atoms with Crippen LogP contribution < -0.4 is 15.6 Å². The highest BCUT2D eigenvalue weighted by Crippen LogP contribution is 2.31. The van der Waals surface area contributed by atoms with Gasteiger partial charge in [0, 0.05) is 29.7 Å². The molecule has 1 aliphatic rings. The van der Waals surface area contributed by atoms with Crippen LogP contribution in [0.1, 0.15) is 35.7 Å². The maximum absolute atomic E-state index is 12.4. The summed E-state index contributed by atoms with van der Waals surface area (Å²) < 4.78 is 5.61. The third kappa shape index (κ3) is 4.04. The number of amides is 1. The van der Waals surface area contributed by atoms with Gasteiger partial charge in [0.2, 0.25) is 5.91 Å². The van der Waals surface area contributed by atoms with E-state index < -0.39 is 0 Å². The van der Waals surface area contributed by atoms with E-state index >= 15 is 0 Å². The SMILES string of the molecule is CSc1nc(C)c(CCC(=O)NC2CCOc3ccccc32)c(=O)[nH]1. The molecule has 1 aliphatic heterocycles. The molecule has 25 heavy (non-hydrogen) atoms. The molecule has 132 valence electrons. The van der Waals surface area contributed by atoms with Crippen molar-refractivity contribution in [2.45, 2.75) is 37.4 Å². The predicted molar refractivity (Wildman–Crippen MR) is 97.1 cm³/mol. The zero-order chi connectivity index (χ0) is 17.8. The monoisotopic (exact) mass is 359 g/mol. The van der Waals surface area contributed by atoms with E-state index in [4.69, 9.17) is 4.74 Å². The summed E-state index contributed by atoms with van der Waals surface area (Å²) in [5.41, 5.74) is 2.08. The highest BCUT2D eigenvalue weighted by atomic mass is 32.2. The number of benzene rings is 1. The number of nitrogens with zero attached hydrogens (tertiary/aromatic N) is 1. The van der Waals surface area contributed by atoms with Crippen LogP contribution in [0.15, 0.2) is 34.2 Å². The van der Waals surface area contributed by atoms with E-state index in [1.54, 1.807) is 6.92 Å². The number of aromatic nitrogens is 2. The molecule has 1 atom stereocenters. The van der Waals surface area contributed by atoms with E-state index in [0.717, 1.165) is 17.7 Å². The number of aryl methyl sites for hydroxylation is 1. The zero-order valence-corrected chi connectivity index (χ0v) is 15.1. The van der Waals surface area contributed by atoms with E-state index in [9.17, 15) is 9.59 Å². The molecule has 1 aromatic heterocycles. The number of para-hydroxylation sites is 1. The van der Waals surface area contributed by atoms with Crippen molar-refractivity contribution in [3.63, 3.8) is 0 Å². The number of rotatable bonds is 5. The van der Waals surface area contributed by atoms with Crippen LogP contribution in [-0.2, 0) is 11.2 Å². The quantitative estimate of drug-likeness (QED) is 0.632. The van der Waals surface area contributed by atoms with Crippen molar-refractivity contribution in [3.05, 3.63) is 51.4 Å². The fourth-order valence-corrected chi connectivity index (χ4v) is 3.40. The van der Waals surface area contributed by atoms with Crippen LogP contribution >= 0.6 is 11.8 Å². The molecule has 0 spiro atoms. The van der Waals surface area contributed by atoms with Gasteiger partial charge in [-0.05, 0) is 25.7 Å². The Hall–Kier alpha value is -2.28. The normalized spacial score (nSPS) is 16.0. The first-order valence-corrected chi connectivity index (χ1v) is 9.46. The summed E-state index contributed by atoms with van der Waals surface area (Å²) in [6.07, 6.45) is 3.23. The minimum atomic E-state index is -0.166. The highest BCUT2D eigenvalue weighted by molar-refractivity contribution is 7.98. The van der Waals surface area contributed by atoms with Crippen LogP contribution in [0.5, 0.6) is 5.75 Å². The largest absolute Gasteiger partial charge is 0.493 e. The van der Waals surface area contributed by atoms with E-state index in [-0.39, 0.29) is 23.9 Å². The van der Waals surface area contributed by atoms with Crippen molar-refractivity contribution in [2.24, 2.45) is 0 Å². The van der Waals surface area contributed by atoms with Gasteiger partial charge in [0.25, 0.3) is 5.56 Å². The molecule has 7 heteroatoms. The smallest absolute Gasteiger partial charge is 0.254 e. The molecule has 1 aromatic carbocycles. The van der Waals surface area contributed by atoms with Crippen LogP contribution in [0.2, 0.25) is 0 Å². The second kappa shape index (κ2) is 7.74. The van der Waals surface area contributed by atoms with Crippen molar-refractivity contribution < 1.29 is 9.53 Å². The number of carbonyl (C=O) groups excluding carboxylic acids is 1. The van der Waals surface area contributed by atoms with Gasteiger partial charge < -0.3 is 15.0 Å². The number of ether oxygens (including phenoxy) is 1. The summed E-state index contributed by atoms with van der Waals surface area (Å²) in [7, 11) is 0. The summed E-state index contributed by atoms with van der Waals surface area (Å²) in [6, 6.07) is 7.70. The highest BCUT2D eigenvalue weighted by Gasteiger charge is 2.22. The molecule has 6 nitrogen and oxygen atoms in total. The van der Waals surface area contributed by atoms with Gasteiger partial charge in [0.15, 0.2) is 5.16 Å². The van der Waals surface area contributed by atoms with E-state index in [2.05, 4.69) is 15.3 Å². The van der Waals surface area contributed by atoms with Gasteiger partial charge in [-0.2, -0.15) is 0 Å². The van der Waals surface area contributed by atoms with E-state index in [1.807, 2.05) is 30.5 Å². The minimum Gasteiger partial charge on any atom is -0.493 e. The maximum atomic E-state index is 12.4. The summed E-state index contributed by atoms with van der Waals surface area (Å²) in [6.45, 7) is 2.39. The molecule has 0 saturated heterocycles. The first-order valence-electron chi connectivity index (χ1n) is 8.23. The predicted octanol–water partition coefficient (Wildman–Crippen LogP) is 2.37. The van der Waals surface area contributed by atoms with Crippen molar-refractivity contribution in [1.29, 1.82) is 0 Å². The molecule has 2 N–H and O–H groups in total. The third-order valence-corrected chi connectivity index (χ3v) is 4.87. The molecule has 0 radical (unpaired) electrons. The van der Waals surface area contributed by atoms with E-state index in [1.165, 1.54) is 11.8 Å². The first-order chi connectivity index (χ1) is 12.1. The van der Waals surface area contributed by atoms with Gasteiger partial charge in [-0.25, -0.2) is 4.98 Å². The number of hydrogen-bond donors (Lipinski definition) is 2. The molecular formula is C18H21N3O3S. The van der Waals surface area contributed by atoms with Crippen molar-refractivity contribution in [3.8, 4) is 5.75 Å². The van der Waals surface area contributed by atoms with Crippen molar-refractivity contribution in [1.82, 2.24) is 15.3 Å². The lowest BCUT2D eigenvalue weighted by atomic mass is 10.00. The van der Waals surface area contributed by atoms with Crippen LogP contribution in [0, 0.1) is 6.92 Å². The van der Waals surface area contributed by atoms with Gasteiger partial charge >= 0.3 is 0 Å². The van der Waals surface area contributed by atoms with Crippen molar-refractivity contribution >= 4 is 17.7 Å². The number of H-pyrrole nitrogens is 1. The standard InChI is InChI=1S/C18H21N3O3S/c1-11-12(17(23)21-18(19-11)25-2)7-8-16(22)20-14-9-10-24-15-6-4-3-5-13(14)15/h3-6,14H,7-10H2,1-2H3,(H,20,22)(H,19,21,23). The maximum Gasteiger partial charge on any atom is 0.254 e. The first kappa shape index (κ1) is 17.5. The Morgan fingerprint density at radius 3 is 3.00 bits per heavy atom. The van der Waals surface area contributed by atoms with Gasteiger partial charge in [0.05, 0.1) is 12.6 Å². The Morgan fingerprint density at radius 2 is 2.24 bits per heavy atom. The lowest BCUT2D eigenvalue weighted by Gasteiger charge is -2.26. The molecular weight excluding hydrogens is 338 g/mol. The number of nitrogens with one attached hydrogen (secondary N) is 2. The summed E-state index contributed by atoms with van der Waals surface area (Å²) in [5, 5.41) is 3.64. The number of carbonyl (C=O) groups is 1. The second-order valence-corrected chi connectivity index (χ2v) is 6.73. The molecule has 0 saturated carbocycles. The molecule has 0 fully saturated rings. The second-order valence-electron chi connectivity index (χ2n) is 5.93. The molecule has 2 heterocycles. The summed E-state index contributed by atoms with van der Waals surface area (Å²) in [5.74, 6) is 0.748. The Bertz CT molecular complexity index is 835. The Labute approximate surface area is 150 Å². The topological polar surface area (TPSA) is 84.1 Å². The average molecular weight is 359 g/mol. The Morgan fingerprint density at radius 1 is 1.44 bits per heavy atom. The molecule has 2 aromatic rings. The number of thioether (sulfide) groups is 1. The van der Waals surface area contributed by atoms with Gasteiger partial charge in [0.1, 0.15) is 5.75 Å². The lowest BCUT2D eigenvalue weighted by molar-refractivity contribution is -0.122. The molecule has 0 aliphatic carbocycles. The minimum absolute atomic E-state index is 0.0474. The molecule has 3 rings (SSSR count). The van der Waals surface area contributed by atoms with Crippen LogP contribution in [0.3, 0.4) is 0 Å². The van der Waals surface area contributed by atoms with Crippen LogP contribution in [-0.4, -0.2) is 28.7 Å². The Kier molecular flexibility index (Phi) is 5.43. The Balaban J connectivity index is 1.64. The zero-order valence-electron chi connectivity index (χ0n) is 14.3. The summed E-state index contributed by atoms with van der Waals surface area (Å²) in [4.78, 5) is 31.5. The van der Waals surface area contributed by atoms with Gasteiger partial charge in [-0.15, -0.1) is 0 Å². The third-order valence-electron chi connectivity index (χ3n) is 4.29. The fraction of sp³-hybridized carbons (Fsp3) is 0.389. The number of fused-ring (bicyclic) bond motifs is 1. The van der Waals surface area contributed by atoms with Gasteiger partial charge in [-0.3, -0.25) is 9.59 Å². The molecule has 0 bridgehead atoms. The van der Waals surface area contributed by atoms with Gasteiger partial charge in [-0.1, -0.05) is 30.0 Å². The summed E-state index contributed by atoms with van der Waals surface area (Å²) >= 11 is 1.39. The average Bonchev–Trinajstić information content (AvgIpc) is 2.61. The number of hydrogen-bond acceptors (Lipinski definition) is 5. The lowest BCUT2D eigenvalue weighted by Crippen LogP contribution is -2.32. The molecule has 1 amide bonds. The van der Waals surface area contributed by atoms with Crippen molar-refractivity contribution in [2.75, 3.05) is 12.9 Å². The van der Waals surface area contributed by atoms with Crippen LogP contribution in [0.4, 0.5) is 0 Å². The van der Waals surface area contributed by atoms with E-state index in [0.29, 0.717) is 29.4 Å². The van der Waals surface area contributed by atoms with Crippen LogP contribution in [0.25, 0.3) is 0 Å².